The van der Waals surface area contributed by atoms with Crippen molar-refractivity contribution in [2.45, 2.75) is 38.6 Å². The number of nitrogens with one attached hydrogen (secondary N) is 1. The summed E-state index contributed by atoms with van der Waals surface area (Å²) in [5.74, 6) is 0.600. The zero-order valence-corrected chi connectivity index (χ0v) is 9.50. The predicted molar refractivity (Wildman–Crippen MR) is 59.4 cm³/mol. The minimum atomic E-state index is -0.338. The first-order chi connectivity index (χ1) is 7.24. The highest BCUT2D eigenvalue weighted by atomic mass is 16.5. The Morgan fingerprint density at radius 3 is 3.07 bits per heavy atom. The maximum Gasteiger partial charge on any atom is 0.236 e. The lowest BCUT2D eigenvalue weighted by Gasteiger charge is -2.12. The van der Waals surface area contributed by atoms with Crippen LogP contribution in [0, 0.1) is 5.92 Å². The second-order valence-corrected chi connectivity index (χ2v) is 4.20. The van der Waals surface area contributed by atoms with Crippen molar-refractivity contribution in [3.8, 4) is 0 Å². The van der Waals surface area contributed by atoms with Crippen molar-refractivity contribution in [2.75, 3.05) is 19.8 Å². The van der Waals surface area contributed by atoms with Crippen molar-refractivity contribution in [3.05, 3.63) is 0 Å². The van der Waals surface area contributed by atoms with E-state index in [1.54, 1.807) is 0 Å². The largest absolute Gasteiger partial charge is 0.381 e. The first-order valence-electron chi connectivity index (χ1n) is 5.85. The first kappa shape index (κ1) is 12.5. The van der Waals surface area contributed by atoms with Gasteiger partial charge in [0.05, 0.1) is 6.04 Å². The molecule has 0 radical (unpaired) electrons. The van der Waals surface area contributed by atoms with Crippen LogP contribution in [0.2, 0.25) is 0 Å². The van der Waals surface area contributed by atoms with Crippen LogP contribution in [0.5, 0.6) is 0 Å². The van der Waals surface area contributed by atoms with E-state index in [0.29, 0.717) is 5.92 Å². The fraction of sp³-hybridized carbons (Fsp3) is 0.909. The molecule has 0 saturated carbocycles. The van der Waals surface area contributed by atoms with Gasteiger partial charge in [0.25, 0.3) is 0 Å². The molecule has 15 heavy (non-hydrogen) atoms. The molecule has 1 aliphatic rings. The summed E-state index contributed by atoms with van der Waals surface area (Å²) in [5.41, 5.74) is 5.69. The second-order valence-electron chi connectivity index (χ2n) is 4.20. The van der Waals surface area contributed by atoms with Gasteiger partial charge < -0.3 is 15.8 Å². The van der Waals surface area contributed by atoms with Crippen LogP contribution in [0.3, 0.4) is 0 Å². The summed E-state index contributed by atoms with van der Waals surface area (Å²) >= 11 is 0. The highest BCUT2D eigenvalue weighted by molar-refractivity contribution is 5.81. The summed E-state index contributed by atoms with van der Waals surface area (Å²) in [4.78, 5) is 11.4. The lowest BCUT2D eigenvalue weighted by molar-refractivity contribution is -0.122. The van der Waals surface area contributed by atoms with Gasteiger partial charge in [-0.25, -0.2) is 0 Å². The van der Waals surface area contributed by atoms with Gasteiger partial charge in [0.1, 0.15) is 0 Å². The molecular weight excluding hydrogens is 192 g/mol. The standard InChI is InChI=1S/C11H22N2O2/c1-2-3-10(12)11(14)13-6-4-9-5-7-15-8-9/h9-10H,2-8,12H2,1H3,(H,13,14)/t9?,10-/m0/s1. The number of carbonyl (C=O) groups excluding carboxylic acids is 1. The maximum absolute atomic E-state index is 11.4. The summed E-state index contributed by atoms with van der Waals surface area (Å²) in [6, 6.07) is -0.338. The predicted octanol–water partition coefficient (Wildman–Crippen LogP) is 0.657. The molecule has 1 unspecified atom stereocenters. The molecule has 2 atom stereocenters. The molecule has 1 saturated heterocycles. The van der Waals surface area contributed by atoms with E-state index in [0.717, 1.165) is 45.4 Å². The minimum Gasteiger partial charge on any atom is -0.381 e. The van der Waals surface area contributed by atoms with Crippen molar-refractivity contribution < 1.29 is 9.53 Å². The first-order valence-corrected chi connectivity index (χ1v) is 5.85. The third-order valence-electron chi connectivity index (χ3n) is 2.81. The zero-order valence-electron chi connectivity index (χ0n) is 9.50. The minimum absolute atomic E-state index is 0.0178. The lowest BCUT2D eigenvalue weighted by Crippen LogP contribution is -2.41. The Bertz CT molecular complexity index is 191. The molecule has 1 aliphatic heterocycles. The van der Waals surface area contributed by atoms with Gasteiger partial charge in [-0.15, -0.1) is 0 Å². The van der Waals surface area contributed by atoms with E-state index >= 15 is 0 Å². The summed E-state index contributed by atoms with van der Waals surface area (Å²) in [6.45, 7) is 4.47. The molecule has 0 aromatic heterocycles. The Morgan fingerprint density at radius 1 is 1.67 bits per heavy atom. The molecule has 1 amide bonds. The van der Waals surface area contributed by atoms with Crippen LogP contribution in [0.15, 0.2) is 0 Å². The van der Waals surface area contributed by atoms with Crippen LogP contribution in [0.4, 0.5) is 0 Å². The second kappa shape index (κ2) is 6.80. The number of amides is 1. The molecule has 1 heterocycles. The van der Waals surface area contributed by atoms with Gasteiger partial charge in [0, 0.05) is 19.8 Å². The van der Waals surface area contributed by atoms with E-state index < -0.39 is 0 Å². The molecular formula is C11H22N2O2. The van der Waals surface area contributed by atoms with Gasteiger partial charge >= 0.3 is 0 Å². The van der Waals surface area contributed by atoms with Crippen molar-refractivity contribution >= 4 is 5.91 Å². The molecule has 0 aromatic rings. The van der Waals surface area contributed by atoms with Crippen molar-refractivity contribution in [3.63, 3.8) is 0 Å². The van der Waals surface area contributed by atoms with Crippen LogP contribution >= 0.6 is 0 Å². The zero-order chi connectivity index (χ0) is 11.1. The summed E-state index contributed by atoms with van der Waals surface area (Å²) in [7, 11) is 0. The molecule has 1 fully saturated rings. The van der Waals surface area contributed by atoms with Gasteiger partial charge in [-0.1, -0.05) is 13.3 Å². The molecule has 0 spiro atoms. The van der Waals surface area contributed by atoms with Crippen LogP contribution < -0.4 is 11.1 Å². The molecule has 0 aliphatic carbocycles. The quantitative estimate of drug-likeness (QED) is 0.682. The Hall–Kier alpha value is -0.610. The van der Waals surface area contributed by atoms with E-state index in [1.165, 1.54) is 0 Å². The van der Waals surface area contributed by atoms with Crippen molar-refractivity contribution in [2.24, 2.45) is 11.7 Å². The fourth-order valence-electron chi connectivity index (χ4n) is 1.78. The van der Waals surface area contributed by atoms with Crippen LogP contribution in [-0.4, -0.2) is 31.7 Å². The van der Waals surface area contributed by atoms with E-state index in [-0.39, 0.29) is 11.9 Å². The number of hydrogen-bond acceptors (Lipinski definition) is 3. The average molecular weight is 214 g/mol. The number of ether oxygens (including phenoxy) is 1. The Morgan fingerprint density at radius 2 is 2.47 bits per heavy atom. The fourth-order valence-corrected chi connectivity index (χ4v) is 1.78. The van der Waals surface area contributed by atoms with E-state index in [1.807, 2.05) is 6.92 Å². The highest BCUT2D eigenvalue weighted by Gasteiger charge is 2.16. The summed E-state index contributed by atoms with van der Waals surface area (Å²) < 4.78 is 5.26. The molecule has 0 bridgehead atoms. The van der Waals surface area contributed by atoms with Crippen molar-refractivity contribution in [1.82, 2.24) is 5.32 Å². The van der Waals surface area contributed by atoms with Crippen LogP contribution in [0.25, 0.3) is 0 Å². The Labute approximate surface area is 91.5 Å². The average Bonchev–Trinajstić information content (AvgIpc) is 2.71. The summed E-state index contributed by atoms with van der Waals surface area (Å²) in [6.07, 6.45) is 3.84. The van der Waals surface area contributed by atoms with Gasteiger partial charge in [-0.05, 0) is 25.2 Å². The van der Waals surface area contributed by atoms with Crippen molar-refractivity contribution in [1.29, 1.82) is 0 Å². The van der Waals surface area contributed by atoms with E-state index in [2.05, 4.69) is 5.32 Å². The molecule has 0 aromatic carbocycles. The van der Waals surface area contributed by atoms with Gasteiger partial charge in [0.2, 0.25) is 5.91 Å². The molecule has 1 rings (SSSR count). The monoisotopic (exact) mass is 214 g/mol. The third kappa shape index (κ3) is 4.62. The Kier molecular flexibility index (Phi) is 5.65. The number of carbonyl (C=O) groups is 1. The number of hydrogen-bond donors (Lipinski definition) is 2. The number of nitrogens with two attached hydrogens (primary N) is 1. The highest BCUT2D eigenvalue weighted by Crippen LogP contribution is 2.15. The van der Waals surface area contributed by atoms with Gasteiger partial charge in [0.15, 0.2) is 0 Å². The van der Waals surface area contributed by atoms with Gasteiger partial charge in [-0.2, -0.15) is 0 Å². The van der Waals surface area contributed by atoms with Crippen LogP contribution in [0.1, 0.15) is 32.6 Å². The SMILES string of the molecule is CCC[C@H](N)C(=O)NCCC1CCOC1. The number of rotatable bonds is 6. The Balaban J connectivity index is 2.05. The normalized spacial score (nSPS) is 22.7. The topological polar surface area (TPSA) is 64.4 Å². The summed E-state index contributed by atoms with van der Waals surface area (Å²) in [5, 5.41) is 2.87. The van der Waals surface area contributed by atoms with Crippen LogP contribution in [-0.2, 0) is 9.53 Å². The molecule has 3 N–H and O–H groups in total. The third-order valence-corrected chi connectivity index (χ3v) is 2.81. The lowest BCUT2D eigenvalue weighted by atomic mass is 10.1. The van der Waals surface area contributed by atoms with E-state index in [9.17, 15) is 4.79 Å². The molecule has 4 nitrogen and oxygen atoms in total. The smallest absolute Gasteiger partial charge is 0.236 e. The maximum atomic E-state index is 11.4. The molecule has 88 valence electrons. The van der Waals surface area contributed by atoms with E-state index in [4.69, 9.17) is 10.5 Å². The van der Waals surface area contributed by atoms with Gasteiger partial charge in [-0.3, -0.25) is 4.79 Å². The molecule has 4 heteroatoms.